The fraction of sp³-hybridized carbons (Fsp3) is 0.455. The third-order valence-corrected chi connectivity index (χ3v) is 3.33. The molecule has 0 amide bonds. The Bertz CT molecular complexity index is 321. The molecule has 1 nitrogen and oxygen atoms in total. The predicted molar refractivity (Wildman–Crippen MR) is 58.9 cm³/mol. The summed E-state index contributed by atoms with van der Waals surface area (Å²) in [7, 11) is 0. The van der Waals surface area contributed by atoms with Crippen molar-refractivity contribution in [2.45, 2.75) is 18.8 Å². The molecule has 1 aliphatic rings. The van der Waals surface area contributed by atoms with Crippen LogP contribution in [0.1, 0.15) is 24.3 Å². The van der Waals surface area contributed by atoms with Crippen LogP contribution in [0.5, 0.6) is 0 Å². The number of nitrogens with one attached hydrogen (secondary N) is 1. The number of hydrogen-bond acceptors (Lipinski definition) is 1. The van der Waals surface area contributed by atoms with Gasteiger partial charge in [0.2, 0.25) is 0 Å². The molecule has 3 heteroatoms. The van der Waals surface area contributed by atoms with Crippen LogP contribution in [0.25, 0.3) is 0 Å². The van der Waals surface area contributed by atoms with Crippen molar-refractivity contribution >= 4 is 15.9 Å². The molecule has 0 saturated carbocycles. The molecule has 0 bridgehead atoms. The molecule has 0 unspecified atom stereocenters. The van der Waals surface area contributed by atoms with E-state index in [9.17, 15) is 4.39 Å². The largest absolute Gasteiger partial charge is 0.316 e. The van der Waals surface area contributed by atoms with Gasteiger partial charge in [0, 0.05) is 6.54 Å². The molecule has 1 fully saturated rings. The number of piperidine rings is 1. The number of rotatable bonds is 1. The molecule has 0 aliphatic carbocycles. The Balaban J connectivity index is 2.26. The zero-order valence-electron chi connectivity index (χ0n) is 7.89. The Hall–Kier alpha value is -0.410. The molecular formula is C11H13BrFN. The molecule has 2 rings (SSSR count). The summed E-state index contributed by atoms with van der Waals surface area (Å²) in [6.45, 7) is 1.96. The van der Waals surface area contributed by atoms with Crippen molar-refractivity contribution in [2.24, 2.45) is 0 Å². The minimum absolute atomic E-state index is 0.0961. The van der Waals surface area contributed by atoms with Crippen molar-refractivity contribution in [3.63, 3.8) is 0 Å². The van der Waals surface area contributed by atoms with Crippen molar-refractivity contribution < 1.29 is 4.39 Å². The standard InChI is InChI=1S/C11H13BrFN/c12-10-5-1-4-9(11(10)13)8-3-2-6-14-7-8/h1,4-5,8,14H,2-3,6-7H2/t8-/m1/s1. The van der Waals surface area contributed by atoms with E-state index in [0.29, 0.717) is 10.4 Å². The van der Waals surface area contributed by atoms with Crippen LogP contribution in [0.3, 0.4) is 0 Å². The first-order valence-corrected chi connectivity index (χ1v) is 5.73. The normalized spacial score (nSPS) is 22.3. The highest BCUT2D eigenvalue weighted by Gasteiger charge is 2.19. The van der Waals surface area contributed by atoms with Gasteiger partial charge in [0.05, 0.1) is 4.47 Å². The third-order valence-electron chi connectivity index (χ3n) is 2.72. The maximum absolute atomic E-state index is 13.7. The lowest BCUT2D eigenvalue weighted by Gasteiger charge is -2.23. The maximum Gasteiger partial charge on any atom is 0.140 e. The molecule has 1 aromatic rings. The average molecular weight is 258 g/mol. The van der Waals surface area contributed by atoms with Gasteiger partial charge in [-0.25, -0.2) is 4.39 Å². The predicted octanol–water partition coefficient (Wildman–Crippen LogP) is 3.06. The van der Waals surface area contributed by atoms with Gasteiger partial charge in [-0.05, 0) is 52.9 Å². The quantitative estimate of drug-likeness (QED) is 0.816. The Kier molecular flexibility index (Phi) is 3.19. The molecule has 1 aliphatic heterocycles. The first-order chi connectivity index (χ1) is 6.79. The van der Waals surface area contributed by atoms with E-state index in [4.69, 9.17) is 0 Å². The van der Waals surface area contributed by atoms with Gasteiger partial charge >= 0.3 is 0 Å². The summed E-state index contributed by atoms with van der Waals surface area (Å²) >= 11 is 3.22. The minimum Gasteiger partial charge on any atom is -0.316 e. The zero-order valence-corrected chi connectivity index (χ0v) is 9.48. The smallest absolute Gasteiger partial charge is 0.140 e. The van der Waals surface area contributed by atoms with E-state index in [2.05, 4.69) is 21.2 Å². The summed E-state index contributed by atoms with van der Waals surface area (Å²) < 4.78 is 14.3. The molecule has 76 valence electrons. The SMILES string of the molecule is Fc1c(Br)cccc1[C@@H]1CCCNC1. The average Bonchev–Trinajstić information content (AvgIpc) is 2.23. The van der Waals surface area contributed by atoms with Crippen LogP contribution >= 0.6 is 15.9 Å². The van der Waals surface area contributed by atoms with Crippen molar-refractivity contribution in [2.75, 3.05) is 13.1 Å². The second-order valence-electron chi connectivity index (χ2n) is 3.69. The van der Waals surface area contributed by atoms with E-state index in [0.717, 1.165) is 31.5 Å². The minimum atomic E-state index is -0.0961. The van der Waals surface area contributed by atoms with Crippen molar-refractivity contribution in [3.05, 3.63) is 34.1 Å². The Morgan fingerprint density at radius 1 is 1.43 bits per heavy atom. The molecule has 0 spiro atoms. The van der Waals surface area contributed by atoms with E-state index in [1.807, 2.05) is 12.1 Å². The van der Waals surface area contributed by atoms with E-state index in [1.165, 1.54) is 0 Å². The van der Waals surface area contributed by atoms with Gasteiger partial charge in [0.25, 0.3) is 0 Å². The topological polar surface area (TPSA) is 12.0 Å². The monoisotopic (exact) mass is 257 g/mol. The lowest BCUT2D eigenvalue weighted by Crippen LogP contribution is -2.28. The molecule has 1 N–H and O–H groups in total. The van der Waals surface area contributed by atoms with E-state index >= 15 is 0 Å². The van der Waals surface area contributed by atoms with E-state index in [-0.39, 0.29) is 5.82 Å². The van der Waals surface area contributed by atoms with Gasteiger partial charge < -0.3 is 5.32 Å². The molecule has 1 aromatic carbocycles. The van der Waals surface area contributed by atoms with Crippen molar-refractivity contribution in [1.82, 2.24) is 5.32 Å². The molecule has 1 atom stereocenters. The maximum atomic E-state index is 13.7. The van der Waals surface area contributed by atoms with Crippen LogP contribution in [0, 0.1) is 5.82 Å². The highest BCUT2D eigenvalue weighted by molar-refractivity contribution is 9.10. The molecule has 1 saturated heterocycles. The van der Waals surface area contributed by atoms with E-state index < -0.39 is 0 Å². The summed E-state index contributed by atoms with van der Waals surface area (Å²) in [5.41, 5.74) is 0.839. The summed E-state index contributed by atoms with van der Waals surface area (Å²) in [6.07, 6.45) is 2.22. The number of halogens is 2. The van der Waals surface area contributed by atoms with E-state index in [1.54, 1.807) is 6.07 Å². The molecule has 0 aromatic heterocycles. The zero-order chi connectivity index (χ0) is 9.97. The van der Waals surface area contributed by atoms with Crippen LogP contribution in [-0.4, -0.2) is 13.1 Å². The fourth-order valence-corrected chi connectivity index (χ4v) is 2.33. The van der Waals surface area contributed by atoms with Gasteiger partial charge in [-0.15, -0.1) is 0 Å². The highest BCUT2D eigenvalue weighted by Crippen LogP contribution is 2.28. The van der Waals surface area contributed by atoms with Crippen LogP contribution in [0.4, 0.5) is 4.39 Å². The van der Waals surface area contributed by atoms with Gasteiger partial charge in [-0.1, -0.05) is 12.1 Å². The van der Waals surface area contributed by atoms with Crippen molar-refractivity contribution in [1.29, 1.82) is 0 Å². The van der Waals surface area contributed by atoms with Gasteiger partial charge in [-0.2, -0.15) is 0 Å². The summed E-state index contributed by atoms with van der Waals surface area (Å²) in [6, 6.07) is 5.53. The third kappa shape index (κ3) is 1.98. The summed E-state index contributed by atoms with van der Waals surface area (Å²) in [4.78, 5) is 0. The Labute approximate surface area is 91.8 Å². The van der Waals surface area contributed by atoms with Crippen LogP contribution in [-0.2, 0) is 0 Å². The summed E-state index contributed by atoms with van der Waals surface area (Å²) in [5.74, 6) is 0.238. The second kappa shape index (κ2) is 4.41. The molecular weight excluding hydrogens is 245 g/mol. The summed E-state index contributed by atoms with van der Waals surface area (Å²) in [5, 5.41) is 3.30. The molecule has 0 radical (unpaired) electrons. The molecule has 1 heterocycles. The highest BCUT2D eigenvalue weighted by atomic mass is 79.9. The lowest BCUT2D eigenvalue weighted by molar-refractivity contribution is 0.445. The number of benzene rings is 1. The Morgan fingerprint density at radius 2 is 2.29 bits per heavy atom. The first kappa shape index (κ1) is 10.1. The number of hydrogen-bond donors (Lipinski definition) is 1. The van der Waals surface area contributed by atoms with Gasteiger partial charge in [0.1, 0.15) is 5.82 Å². The Morgan fingerprint density at radius 3 is 3.00 bits per heavy atom. The van der Waals surface area contributed by atoms with Crippen LogP contribution in [0.2, 0.25) is 0 Å². The lowest BCUT2D eigenvalue weighted by atomic mass is 9.91. The van der Waals surface area contributed by atoms with Crippen LogP contribution < -0.4 is 5.32 Å². The van der Waals surface area contributed by atoms with Crippen LogP contribution in [0.15, 0.2) is 22.7 Å². The molecule has 14 heavy (non-hydrogen) atoms. The second-order valence-corrected chi connectivity index (χ2v) is 4.54. The van der Waals surface area contributed by atoms with Gasteiger partial charge in [0.15, 0.2) is 0 Å². The van der Waals surface area contributed by atoms with Gasteiger partial charge in [-0.3, -0.25) is 0 Å². The fourth-order valence-electron chi connectivity index (χ4n) is 1.95. The van der Waals surface area contributed by atoms with Crippen molar-refractivity contribution in [3.8, 4) is 0 Å². The first-order valence-electron chi connectivity index (χ1n) is 4.93.